The molecular formula is C16H20O5. The largest absolute Gasteiger partial charge is 0.448 e. The van der Waals surface area contributed by atoms with Crippen LogP contribution in [0.15, 0.2) is 30.3 Å². The van der Waals surface area contributed by atoms with E-state index >= 15 is 0 Å². The summed E-state index contributed by atoms with van der Waals surface area (Å²) in [6.45, 7) is 3.03. The molecule has 5 nitrogen and oxygen atoms in total. The number of methoxy groups -OCH3 is 1. The number of esters is 1. The van der Waals surface area contributed by atoms with Crippen LogP contribution in [0.5, 0.6) is 0 Å². The second-order valence-corrected chi connectivity index (χ2v) is 5.16. The lowest BCUT2D eigenvalue weighted by Gasteiger charge is -2.42. The van der Waals surface area contributed by atoms with Gasteiger partial charge in [-0.05, 0) is 6.92 Å². The van der Waals surface area contributed by atoms with Gasteiger partial charge in [-0.2, -0.15) is 0 Å². The Labute approximate surface area is 124 Å². The third-order valence-corrected chi connectivity index (χ3v) is 3.77. The number of ether oxygens (including phenoxy) is 3. The van der Waals surface area contributed by atoms with Crippen molar-refractivity contribution in [3.63, 3.8) is 0 Å². The van der Waals surface area contributed by atoms with Crippen LogP contribution < -0.4 is 0 Å². The van der Waals surface area contributed by atoms with Crippen LogP contribution in [-0.4, -0.2) is 36.9 Å². The molecule has 0 saturated carbocycles. The Kier molecular flexibility index (Phi) is 4.75. The standard InChI is InChI=1S/C16H20O5/c1-11-16(21-12(2)17,10-9-14(19-3)20-11)15(18)13-7-5-4-6-8-13/h4-8,11,14H,9-10H2,1-3H3/t11-,14+,16-/m1/s1. The van der Waals surface area contributed by atoms with Gasteiger partial charge in [-0.15, -0.1) is 0 Å². The highest BCUT2D eigenvalue weighted by atomic mass is 16.7. The minimum absolute atomic E-state index is 0.236. The maximum Gasteiger partial charge on any atom is 0.303 e. The van der Waals surface area contributed by atoms with Crippen LogP contribution in [0.25, 0.3) is 0 Å². The third kappa shape index (κ3) is 3.14. The molecule has 1 fully saturated rings. The molecule has 0 bridgehead atoms. The number of benzene rings is 1. The van der Waals surface area contributed by atoms with Gasteiger partial charge in [0.2, 0.25) is 11.4 Å². The molecule has 0 spiro atoms. The van der Waals surface area contributed by atoms with E-state index in [0.717, 1.165) is 0 Å². The fourth-order valence-electron chi connectivity index (χ4n) is 2.68. The van der Waals surface area contributed by atoms with Gasteiger partial charge in [-0.3, -0.25) is 9.59 Å². The second kappa shape index (κ2) is 6.37. The van der Waals surface area contributed by atoms with E-state index in [-0.39, 0.29) is 12.1 Å². The SMILES string of the molecule is CO[C@@H]1CC[C@](OC(C)=O)(C(=O)c2ccccc2)[C@@H](C)O1. The zero-order valence-corrected chi connectivity index (χ0v) is 12.5. The van der Waals surface area contributed by atoms with Gasteiger partial charge in [-0.25, -0.2) is 0 Å². The van der Waals surface area contributed by atoms with Gasteiger partial charge < -0.3 is 14.2 Å². The lowest BCUT2D eigenvalue weighted by Crippen LogP contribution is -2.57. The highest BCUT2D eigenvalue weighted by molar-refractivity contribution is 6.04. The molecule has 0 unspecified atom stereocenters. The summed E-state index contributed by atoms with van der Waals surface area (Å²) < 4.78 is 16.3. The molecule has 0 radical (unpaired) electrons. The van der Waals surface area contributed by atoms with Crippen molar-refractivity contribution >= 4 is 11.8 Å². The molecule has 0 aliphatic carbocycles. The van der Waals surface area contributed by atoms with E-state index in [1.807, 2.05) is 6.07 Å². The summed E-state index contributed by atoms with van der Waals surface area (Å²) in [7, 11) is 1.55. The van der Waals surface area contributed by atoms with Crippen LogP contribution >= 0.6 is 0 Å². The molecule has 2 rings (SSSR count). The van der Waals surface area contributed by atoms with Crippen LogP contribution in [0.4, 0.5) is 0 Å². The van der Waals surface area contributed by atoms with Crippen molar-refractivity contribution in [1.29, 1.82) is 0 Å². The Morgan fingerprint density at radius 3 is 2.48 bits per heavy atom. The third-order valence-electron chi connectivity index (χ3n) is 3.77. The maximum atomic E-state index is 12.9. The summed E-state index contributed by atoms with van der Waals surface area (Å²) in [5, 5.41) is 0. The minimum Gasteiger partial charge on any atom is -0.448 e. The first-order valence-corrected chi connectivity index (χ1v) is 6.97. The number of carbonyl (C=O) groups is 2. The van der Waals surface area contributed by atoms with Gasteiger partial charge in [0.05, 0.1) is 0 Å². The Balaban J connectivity index is 2.34. The first-order chi connectivity index (χ1) is 9.99. The van der Waals surface area contributed by atoms with Crippen molar-refractivity contribution in [2.45, 2.75) is 44.7 Å². The Bertz CT molecular complexity index is 513. The highest BCUT2D eigenvalue weighted by Crippen LogP contribution is 2.35. The van der Waals surface area contributed by atoms with Gasteiger partial charge in [0.25, 0.3) is 0 Å². The van der Waals surface area contributed by atoms with Crippen molar-refractivity contribution < 1.29 is 23.8 Å². The number of ketones is 1. The van der Waals surface area contributed by atoms with Crippen LogP contribution in [0, 0.1) is 0 Å². The van der Waals surface area contributed by atoms with Gasteiger partial charge in [0.1, 0.15) is 6.10 Å². The molecule has 5 heteroatoms. The molecule has 1 saturated heterocycles. The average molecular weight is 292 g/mol. The number of hydrogen-bond acceptors (Lipinski definition) is 5. The Morgan fingerprint density at radius 1 is 1.29 bits per heavy atom. The first kappa shape index (κ1) is 15.7. The second-order valence-electron chi connectivity index (χ2n) is 5.16. The molecule has 0 amide bonds. The zero-order valence-electron chi connectivity index (χ0n) is 12.5. The summed E-state index contributed by atoms with van der Waals surface area (Å²) in [5.41, 5.74) is -0.785. The van der Waals surface area contributed by atoms with E-state index in [4.69, 9.17) is 14.2 Å². The van der Waals surface area contributed by atoms with E-state index in [0.29, 0.717) is 18.4 Å². The normalized spacial score (nSPS) is 28.9. The van der Waals surface area contributed by atoms with Crippen LogP contribution in [-0.2, 0) is 19.0 Å². The smallest absolute Gasteiger partial charge is 0.303 e. The van der Waals surface area contributed by atoms with Crippen LogP contribution in [0.3, 0.4) is 0 Å². The molecule has 0 N–H and O–H groups in total. The summed E-state index contributed by atoms with van der Waals surface area (Å²) in [5.74, 6) is -0.731. The van der Waals surface area contributed by atoms with E-state index in [9.17, 15) is 9.59 Å². The fraction of sp³-hybridized carbons (Fsp3) is 0.500. The minimum atomic E-state index is -1.29. The molecule has 1 aliphatic rings. The maximum absolute atomic E-state index is 12.9. The topological polar surface area (TPSA) is 61.8 Å². The monoisotopic (exact) mass is 292 g/mol. The lowest BCUT2D eigenvalue weighted by atomic mass is 9.82. The van der Waals surface area contributed by atoms with Crippen molar-refractivity contribution in [2.75, 3.05) is 7.11 Å². The summed E-state index contributed by atoms with van der Waals surface area (Å²) in [6.07, 6.45) is -0.0905. The number of hydrogen-bond donors (Lipinski definition) is 0. The van der Waals surface area contributed by atoms with Crippen LogP contribution in [0.1, 0.15) is 37.0 Å². The number of carbonyl (C=O) groups excluding carboxylic acids is 2. The molecule has 21 heavy (non-hydrogen) atoms. The van der Waals surface area contributed by atoms with Gasteiger partial charge in [0.15, 0.2) is 6.29 Å². The summed E-state index contributed by atoms with van der Waals surface area (Å²) >= 11 is 0. The fourth-order valence-corrected chi connectivity index (χ4v) is 2.68. The van der Waals surface area contributed by atoms with Crippen LogP contribution in [0.2, 0.25) is 0 Å². The van der Waals surface area contributed by atoms with E-state index in [1.54, 1.807) is 38.3 Å². The molecule has 1 aromatic rings. The van der Waals surface area contributed by atoms with Crippen molar-refractivity contribution in [3.05, 3.63) is 35.9 Å². The predicted molar refractivity (Wildman–Crippen MR) is 75.8 cm³/mol. The van der Waals surface area contributed by atoms with E-state index < -0.39 is 17.7 Å². The van der Waals surface area contributed by atoms with Crippen molar-refractivity contribution in [3.8, 4) is 0 Å². The lowest BCUT2D eigenvalue weighted by molar-refractivity contribution is -0.234. The molecule has 1 aromatic carbocycles. The number of rotatable bonds is 4. The Morgan fingerprint density at radius 2 is 1.95 bits per heavy atom. The predicted octanol–water partition coefficient (Wildman–Crippen LogP) is 2.34. The number of Topliss-reactive ketones (excluding diaryl/α,β-unsaturated/α-hetero) is 1. The van der Waals surface area contributed by atoms with E-state index in [1.165, 1.54) is 6.92 Å². The first-order valence-electron chi connectivity index (χ1n) is 6.97. The van der Waals surface area contributed by atoms with Gasteiger partial charge in [0, 0.05) is 32.4 Å². The van der Waals surface area contributed by atoms with Gasteiger partial charge >= 0.3 is 5.97 Å². The molecule has 1 aliphatic heterocycles. The molecule has 3 atom stereocenters. The van der Waals surface area contributed by atoms with E-state index in [2.05, 4.69) is 0 Å². The Hall–Kier alpha value is -1.72. The summed E-state index contributed by atoms with van der Waals surface area (Å²) in [4.78, 5) is 24.4. The summed E-state index contributed by atoms with van der Waals surface area (Å²) in [6, 6.07) is 8.81. The zero-order chi connectivity index (χ0) is 15.5. The molecule has 1 heterocycles. The average Bonchev–Trinajstić information content (AvgIpc) is 2.49. The van der Waals surface area contributed by atoms with Gasteiger partial charge in [-0.1, -0.05) is 30.3 Å². The quantitative estimate of drug-likeness (QED) is 0.629. The van der Waals surface area contributed by atoms with Crippen molar-refractivity contribution in [2.24, 2.45) is 0 Å². The highest BCUT2D eigenvalue weighted by Gasteiger charge is 2.51. The molecular weight excluding hydrogens is 272 g/mol. The molecule has 0 aromatic heterocycles. The molecule has 114 valence electrons. The van der Waals surface area contributed by atoms with Crippen molar-refractivity contribution in [1.82, 2.24) is 0 Å².